The lowest BCUT2D eigenvalue weighted by molar-refractivity contribution is 0.414. The first-order chi connectivity index (χ1) is 8.33. The molecule has 0 radical (unpaired) electrons. The third-order valence-corrected chi connectivity index (χ3v) is 2.84. The highest BCUT2D eigenvalue weighted by molar-refractivity contribution is 5.29. The van der Waals surface area contributed by atoms with E-state index in [9.17, 15) is 0 Å². The molecule has 90 valence electrons. The standard InChI is InChI=1S/C13H17N3O/c1-17-13-5-3-11(4-6-13)12(9-14)10-16-8-2-7-15-16/h2-8,12H,9-10,14H2,1H3. The number of ether oxygens (including phenoxy) is 1. The molecule has 1 aromatic carbocycles. The number of methoxy groups -OCH3 is 1. The Labute approximate surface area is 101 Å². The summed E-state index contributed by atoms with van der Waals surface area (Å²) in [6.45, 7) is 1.40. The van der Waals surface area contributed by atoms with Crippen molar-refractivity contribution in [1.29, 1.82) is 0 Å². The average Bonchev–Trinajstić information content (AvgIpc) is 2.89. The summed E-state index contributed by atoms with van der Waals surface area (Å²) in [5.74, 6) is 1.14. The van der Waals surface area contributed by atoms with Gasteiger partial charge in [0, 0.05) is 31.4 Å². The molecule has 0 amide bonds. The van der Waals surface area contributed by atoms with E-state index in [4.69, 9.17) is 10.5 Å². The molecular weight excluding hydrogens is 214 g/mol. The Morgan fingerprint density at radius 1 is 1.35 bits per heavy atom. The van der Waals surface area contributed by atoms with Gasteiger partial charge in [-0.2, -0.15) is 5.10 Å². The second-order valence-electron chi connectivity index (χ2n) is 3.93. The van der Waals surface area contributed by atoms with Crippen LogP contribution >= 0.6 is 0 Å². The second-order valence-corrected chi connectivity index (χ2v) is 3.93. The molecule has 0 spiro atoms. The van der Waals surface area contributed by atoms with Gasteiger partial charge in [-0.05, 0) is 23.8 Å². The van der Waals surface area contributed by atoms with E-state index in [-0.39, 0.29) is 5.92 Å². The molecule has 0 saturated carbocycles. The smallest absolute Gasteiger partial charge is 0.118 e. The summed E-state index contributed by atoms with van der Waals surface area (Å²) in [6, 6.07) is 9.95. The quantitative estimate of drug-likeness (QED) is 0.851. The van der Waals surface area contributed by atoms with Gasteiger partial charge in [0.1, 0.15) is 5.75 Å². The predicted octanol–water partition coefficient (Wildman–Crippen LogP) is 1.63. The van der Waals surface area contributed by atoms with Crippen molar-refractivity contribution in [2.45, 2.75) is 12.5 Å². The Bertz CT molecular complexity index is 436. The number of rotatable bonds is 5. The molecule has 1 atom stereocenters. The fourth-order valence-electron chi connectivity index (χ4n) is 1.83. The lowest BCUT2D eigenvalue weighted by Gasteiger charge is -2.15. The number of nitrogens with two attached hydrogens (primary N) is 1. The highest BCUT2D eigenvalue weighted by atomic mass is 16.5. The molecule has 0 fully saturated rings. The molecule has 1 heterocycles. The van der Waals surface area contributed by atoms with Crippen LogP contribution in [-0.2, 0) is 6.54 Å². The maximum absolute atomic E-state index is 5.82. The van der Waals surface area contributed by atoms with Crippen LogP contribution in [0, 0.1) is 0 Å². The van der Waals surface area contributed by atoms with Crippen LogP contribution in [0.15, 0.2) is 42.7 Å². The normalized spacial score (nSPS) is 12.4. The van der Waals surface area contributed by atoms with Crippen LogP contribution in [0.3, 0.4) is 0 Å². The zero-order valence-electron chi connectivity index (χ0n) is 9.91. The van der Waals surface area contributed by atoms with Crippen molar-refractivity contribution < 1.29 is 4.74 Å². The molecule has 2 rings (SSSR count). The van der Waals surface area contributed by atoms with Crippen molar-refractivity contribution in [3.8, 4) is 5.75 Å². The van der Waals surface area contributed by atoms with Crippen molar-refractivity contribution >= 4 is 0 Å². The van der Waals surface area contributed by atoms with E-state index in [1.165, 1.54) is 5.56 Å². The Morgan fingerprint density at radius 2 is 2.12 bits per heavy atom. The van der Waals surface area contributed by atoms with E-state index in [0.717, 1.165) is 12.3 Å². The number of aromatic nitrogens is 2. The van der Waals surface area contributed by atoms with Crippen molar-refractivity contribution in [1.82, 2.24) is 9.78 Å². The molecule has 2 aromatic rings. The second kappa shape index (κ2) is 5.50. The van der Waals surface area contributed by atoms with Gasteiger partial charge in [-0.3, -0.25) is 4.68 Å². The van der Waals surface area contributed by atoms with Gasteiger partial charge in [0.05, 0.1) is 7.11 Å². The first kappa shape index (κ1) is 11.7. The molecule has 1 unspecified atom stereocenters. The summed E-state index contributed by atoms with van der Waals surface area (Å²) in [5, 5.41) is 4.20. The van der Waals surface area contributed by atoms with E-state index < -0.39 is 0 Å². The molecular formula is C13H17N3O. The fraction of sp³-hybridized carbons (Fsp3) is 0.308. The van der Waals surface area contributed by atoms with Crippen molar-refractivity contribution in [2.75, 3.05) is 13.7 Å². The maximum Gasteiger partial charge on any atom is 0.118 e. The van der Waals surface area contributed by atoms with Gasteiger partial charge in [-0.15, -0.1) is 0 Å². The lowest BCUT2D eigenvalue weighted by atomic mass is 9.99. The number of hydrogen-bond donors (Lipinski definition) is 1. The summed E-state index contributed by atoms with van der Waals surface area (Å²) in [5.41, 5.74) is 7.03. The van der Waals surface area contributed by atoms with E-state index in [0.29, 0.717) is 6.54 Å². The minimum absolute atomic E-state index is 0.279. The van der Waals surface area contributed by atoms with Crippen LogP contribution in [0.25, 0.3) is 0 Å². The first-order valence-electron chi connectivity index (χ1n) is 5.65. The van der Waals surface area contributed by atoms with Gasteiger partial charge in [0.25, 0.3) is 0 Å². The van der Waals surface area contributed by atoms with Gasteiger partial charge in [0.15, 0.2) is 0 Å². The third-order valence-electron chi connectivity index (χ3n) is 2.84. The molecule has 2 N–H and O–H groups in total. The molecule has 0 aliphatic heterocycles. The van der Waals surface area contributed by atoms with E-state index in [1.54, 1.807) is 13.3 Å². The first-order valence-corrected chi connectivity index (χ1v) is 5.65. The van der Waals surface area contributed by atoms with Gasteiger partial charge >= 0.3 is 0 Å². The Kier molecular flexibility index (Phi) is 3.77. The van der Waals surface area contributed by atoms with Gasteiger partial charge in [-0.25, -0.2) is 0 Å². The highest BCUT2D eigenvalue weighted by Gasteiger charge is 2.10. The molecule has 0 aliphatic rings. The average molecular weight is 231 g/mol. The van der Waals surface area contributed by atoms with Crippen molar-refractivity contribution in [2.24, 2.45) is 5.73 Å². The minimum Gasteiger partial charge on any atom is -0.497 e. The Morgan fingerprint density at radius 3 is 2.65 bits per heavy atom. The van der Waals surface area contributed by atoms with Gasteiger partial charge in [0.2, 0.25) is 0 Å². The number of hydrogen-bond acceptors (Lipinski definition) is 3. The topological polar surface area (TPSA) is 53.1 Å². The van der Waals surface area contributed by atoms with Crippen LogP contribution in [0.1, 0.15) is 11.5 Å². The Balaban J connectivity index is 2.11. The predicted molar refractivity (Wildman–Crippen MR) is 67.0 cm³/mol. The van der Waals surface area contributed by atoms with Crippen LogP contribution in [0.2, 0.25) is 0 Å². The lowest BCUT2D eigenvalue weighted by Crippen LogP contribution is -2.18. The molecule has 1 aromatic heterocycles. The zero-order chi connectivity index (χ0) is 12.1. The van der Waals surface area contributed by atoms with Crippen LogP contribution in [0.5, 0.6) is 5.75 Å². The molecule has 0 saturated heterocycles. The van der Waals surface area contributed by atoms with E-state index in [1.807, 2.05) is 29.1 Å². The minimum atomic E-state index is 0.279. The summed E-state index contributed by atoms with van der Waals surface area (Å²) in [6.07, 6.45) is 3.73. The van der Waals surface area contributed by atoms with Crippen LogP contribution in [0.4, 0.5) is 0 Å². The summed E-state index contributed by atoms with van der Waals surface area (Å²) >= 11 is 0. The largest absolute Gasteiger partial charge is 0.497 e. The molecule has 0 aliphatic carbocycles. The maximum atomic E-state index is 5.82. The highest BCUT2D eigenvalue weighted by Crippen LogP contribution is 2.20. The molecule has 4 heteroatoms. The van der Waals surface area contributed by atoms with Crippen LogP contribution in [-0.4, -0.2) is 23.4 Å². The summed E-state index contributed by atoms with van der Waals surface area (Å²) in [4.78, 5) is 0. The van der Waals surface area contributed by atoms with E-state index in [2.05, 4.69) is 17.2 Å². The number of nitrogens with zero attached hydrogens (tertiary/aromatic N) is 2. The number of benzene rings is 1. The molecule has 0 bridgehead atoms. The van der Waals surface area contributed by atoms with Crippen LogP contribution < -0.4 is 10.5 Å². The van der Waals surface area contributed by atoms with Crippen molar-refractivity contribution in [3.05, 3.63) is 48.3 Å². The monoisotopic (exact) mass is 231 g/mol. The molecule has 17 heavy (non-hydrogen) atoms. The molecule has 4 nitrogen and oxygen atoms in total. The third kappa shape index (κ3) is 2.85. The van der Waals surface area contributed by atoms with Crippen molar-refractivity contribution in [3.63, 3.8) is 0 Å². The van der Waals surface area contributed by atoms with E-state index >= 15 is 0 Å². The zero-order valence-corrected chi connectivity index (χ0v) is 9.91. The fourth-order valence-corrected chi connectivity index (χ4v) is 1.83. The summed E-state index contributed by atoms with van der Waals surface area (Å²) < 4.78 is 7.04. The SMILES string of the molecule is COc1ccc(C(CN)Cn2cccn2)cc1. The Hall–Kier alpha value is -1.81. The van der Waals surface area contributed by atoms with Gasteiger partial charge in [-0.1, -0.05) is 12.1 Å². The van der Waals surface area contributed by atoms with Gasteiger partial charge < -0.3 is 10.5 Å². The summed E-state index contributed by atoms with van der Waals surface area (Å²) in [7, 11) is 1.67.